The van der Waals surface area contributed by atoms with Gasteiger partial charge in [-0.25, -0.2) is 0 Å². The highest BCUT2D eigenvalue weighted by Gasteiger charge is 2.26. The topological polar surface area (TPSA) is 73.2 Å². The molecule has 2 aromatic rings. The van der Waals surface area contributed by atoms with Crippen molar-refractivity contribution in [3.05, 3.63) is 50.3 Å². The second-order valence-electron chi connectivity index (χ2n) is 5.44. The molecule has 0 fully saturated rings. The third-order valence-corrected chi connectivity index (χ3v) is 5.78. The van der Waals surface area contributed by atoms with E-state index in [1.165, 1.54) is 11.3 Å². The maximum Gasteiger partial charge on any atom is 0.257 e. The number of anilines is 1. The number of nitriles is 1. The SMILES string of the molecule is CC(=O)N1CCc2c(sc(NC(=O)c3ccccc3Br)c2C#N)C1. The van der Waals surface area contributed by atoms with Gasteiger partial charge in [-0.3, -0.25) is 9.59 Å². The molecular weight excluding hydrogens is 390 g/mol. The van der Waals surface area contributed by atoms with E-state index in [2.05, 4.69) is 27.3 Å². The summed E-state index contributed by atoms with van der Waals surface area (Å²) in [5, 5.41) is 12.9. The number of halogens is 1. The molecule has 122 valence electrons. The molecular formula is C17H14BrN3O2S. The Bertz CT molecular complexity index is 869. The normalized spacial score (nSPS) is 13.1. The van der Waals surface area contributed by atoms with Gasteiger partial charge in [0.05, 0.1) is 17.7 Å². The molecule has 0 atom stereocenters. The van der Waals surface area contributed by atoms with Gasteiger partial charge < -0.3 is 10.2 Å². The Morgan fingerprint density at radius 2 is 2.12 bits per heavy atom. The van der Waals surface area contributed by atoms with Crippen molar-refractivity contribution in [1.29, 1.82) is 5.26 Å². The molecule has 1 aliphatic rings. The van der Waals surface area contributed by atoms with Gasteiger partial charge in [0.25, 0.3) is 5.91 Å². The van der Waals surface area contributed by atoms with Gasteiger partial charge >= 0.3 is 0 Å². The van der Waals surface area contributed by atoms with E-state index >= 15 is 0 Å². The van der Waals surface area contributed by atoms with Crippen LogP contribution in [0.5, 0.6) is 0 Å². The van der Waals surface area contributed by atoms with Crippen LogP contribution in [0.4, 0.5) is 5.00 Å². The van der Waals surface area contributed by atoms with E-state index in [9.17, 15) is 14.9 Å². The second-order valence-corrected chi connectivity index (χ2v) is 7.40. The third-order valence-electron chi connectivity index (χ3n) is 3.96. The minimum absolute atomic E-state index is 0.0198. The Kier molecular flexibility index (Phi) is 4.69. The Balaban J connectivity index is 1.90. The molecule has 24 heavy (non-hydrogen) atoms. The number of hydrogen-bond donors (Lipinski definition) is 1. The van der Waals surface area contributed by atoms with E-state index in [4.69, 9.17) is 0 Å². The van der Waals surface area contributed by atoms with Gasteiger partial charge in [0.2, 0.25) is 5.91 Å². The van der Waals surface area contributed by atoms with Crippen LogP contribution in [0.25, 0.3) is 0 Å². The molecule has 0 saturated carbocycles. The van der Waals surface area contributed by atoms with Crippen LogP contribution in [0.3, 0.4) is 0 Å². The summed E-state index contributed by atoms with van der Waals surface area (Å²) in [7, 11) is 0. The molecule has 0 aliphatic carbocycles. The van der Waals surface area contributed by atoms with Crippen LogP contribution >= 0.6 is 27.3 Å². The van der Waals surface area contributed by atoms with E-state index in [-0.39, 0.29) is 11.8 Å². The maximum atomic E-state index is 12.5. The monoisotopic (exact) mass is 403 g/mol. The molecule has 0 radical (unpaired) electrons. The number of rotatable bonds is 2. The zero-order chi connectivity index (χ0) is 17.3. The fourth-order valence-corrected chi connectivity index (χ4v) is 4.37. The smallest absolute Gasteiger partial charge is 0.257 e. The first kappa shape index (κ1) is 16.7. The van der Waals surface area contributed by atoms with Crippen molar-refractivity contribution >= 4 is 44.1 Å². The summed E-state index contributed by atoms with van der Waals surface area (Å²) in [6, 6.07) is 9.34. The van der Waals surface area contributed by atoms with Crippen LogP contribution < -0.4 is 5.32 Å². The van der Waals surface area contributed by atoms with Crippen LogP contribution in [-0.2, 0) is 17.8 Å². The number of thiophene rings is 1. The van der Waals surface area contributed by atoms with Gasteiger partial charge in [0, 0.05) is 22.8 Å². The number of carbonyl (C=O) groups is 2. The Labute approximate surface area is 152 Å². The van der Waals surface area contributed by atoms with Gasteiger partial charge in [0.1, 0.15) is 11.1 Å². The molecule has 1 N–H and O–H groups in total. The van der Waals surface area contributed by atoms with E-state index in [1.54, 1.807) is 30.0 Å². The zero-order valence-corrected chi connectivity index (χ0v) is 15.3. The molecule has 1 aliphatic heterocycles. The van der Waals surface area contributed by atoms with E-state index in [1.807, 2.05) is 6.07 Å². The first-order valence-electron chi connectivity index (χ1n) is 7.37. The summed E-state index contributed by atoms with van der Waals surface area (Å²) >= 11 is 4.73. The summed E-state index contributed by atoms with van der Waals surface area (Å²) in [5.74, 6) is -0.243. The van der Waals surface area contributed by atoms with E-state index in [0.717, 1.165) is 10.4 Å². The Morgan fingerprint density at radius 3 is 2.79 bits per heavy atom. The number of amides is 2. The minimum atomic E-state index is -0.263. The van der Waals surface area contributed by atoms with Crippen molar-refractivity contribution in [2.75, 3.05) is 11.9 Å². The van der Waals surface area contributed by atoms with Gasteiger partial charge in [-0.2, -0.15) is 5.26 Å². The van der Waals surface area contributed by atoms with Crippen molar-refractivity contribution < 1.29 is 9.59 Å². The first-order valence-corrected chi connectivity index (χ1v) is 8.98. The molecule has 1 aromatic carbocycles. The fourth-order valence-electron chi connectivity index (χ4n) is 2.69. The van der Waals surface area contributed by atoms with Crippen molar-refractivity contribution in [3.8, 4) is 6.07 Å². The molecule has 0 unspecified atom stereocenters. The van der Waals surface area contributed by atoms with Crippen molar-refractivity contribution in [2.24, 2.45) is 0 Å². The van der Waals surface area contributed by atoms with Gasteiger partial charge in [-0.15, -0.1) is 11.3 Å². The van der Waals surface area contributed by atoms with Crippen molar-refractivity contribution in [2.45, 2.75) is 19.9 Å². The van der Waals surface area contributed by atoms with E-state index < -0.39 is 0 Å². The summed E-state index contributed by atoms with van der Waals surface area (Å²) in [6.07, 6.45) is 0.638. The van der Waals surface area contributed by atoms with Crippen LogP contribution in [0, 0.1) is 11.3 Å². The standard InChI is InChI=1S/C17H14BrN3O2S/c1-10(22)21-7-6-11-13(8-19)17(24-15(11)9-21)20-16(23)12-4-2-3-5-14(12)18/h2-5H,6-7,9H2,1H3,(H,20,23). The highest BCUT2D eigenvalue weighted by molar-refractivity contribution is 9.10. The molecule has 7 heteroatoms. The quantitative estimate of drug-likeness (QED) is 0.832. The lowest BCUT2D eigenvalue weighted by Crippen LogP contribution is -2.33. The van der Waals surface area contributed by atoms with Crippen LogP contribution in [0.2, 0.25) is 0 Å². The number of nitrogens with one attached hydrogen (secondary N) is 1. The number of carbonyl (C=O) groups excluding carboxylic acids is 2. The summed E-state index contributed by atoms with van der Waals surface area (Å²) < 4.78 is 0.699. The lowest BCUT2D eigenvalue weighted by atomic mass is 10.0. The summed E-state index contributed by atoms with van der Waals surface area (Å²) in [4.78, 5) is 26.8. The van der Waals surface area contributed by atoms with Crippen LogP contribution in [-0.4, -0.2) is 23.3 Å². The fraction of sp³-hybridized carbons (Fsp3) is 0.235. The molecule has 3 rings (SSSR count). The predicted molar refractivity (Wildman–Crippen MR) is 95.9 cm³/mol. The maximum absolute atomic E-state index is 12.5. The molecule has 1 aromatic heterocycles. The highest BCUT2D eigenvalue weighted by atomic mass is 79.9. The lowest BCUT2D eigenvalue weighted by Gasteiger charge is -2.25. The van der Waals surface area contributed by atoms with E-state index in [0.29, 0.717) is 40.1 Å². The zero-order valence-electron chi connectivity index (χ0n) is 12.9. The summed E-state index contributed by atoms with van der Waals surface area (Å²) in [6.45, 7) is 2.64. The first-order chi connectivity index (χ1) is 11.5. The van der Waals surface area contributed by atoms with Crippen LogP contribution in [0.1, 0.15) is 33.3 Å². The largest absolute Gasteiger partial charge is 0.337 e. The average molecular weight is 404 g/mol. The Hall–Kier alpha value is -2.17. The molecule has 0 spiro atoms. The molecule has 2 amide bonds. The molecule has 0 bridgehead atoms. The highest BCUT2D eigenvalue weighted by Crippen LogP contribution is 2.37. The number of fused-ring (bicyclic) bond motifs is 1. The minimum Gasteiger partial charge on any atom is -0.337 e. The van der Waals surface area contributed by atoms with Gasteiger partial charge in [0.15, 0.2) is 0 Å². The average Bonchev–Trinajstić information content (AvgIpc) is 2.91. The van der Waals surface area contributed by atoms with Crippen LogP contribution in [0.15, 0.2) is 28.7 Å². The predicted octanol–water partition coefficient (Wildman–Crippen LogP) is 3.54. The van der Waals surface area contributed by atoms with Gasteiger partial charge in [-0.05, 0) is 40.0 Å². The number of benzene rings is 1. The number of hydrogen-bond acceptors (Lipinski definition) is 4. The molecule has 0 saturated heterocycles. The number of nitrogens with zero attached hydrogens (tertiary/aromatic N) is 2. The van der Waals surface area contributed by atoms with Crippen molar-refractivity contribution in [1.82, 2.24) is 4.90 Å². The van der Waals surface area contributed by atoms with Gasteiger partial charge in [-0.1, -0.05) is 12.1 Å². The third kappa shape index (κ3) is 3.07. The molecule has 5 nitrogen and oxygen atoms in total. The summed E-state index contributed by atoms with van der Waals surface area (Å²) in [5.41, 5.74) is 1.97. The Morgan fingerprint density at radius 1 is 1.38 bits per heavy atom. The molecule has 2 heterocycles. The second kappa shape index (κ2) is 6.75. The lowest BCUT2D eigenvalue weighted by molar-refractivity contribution is -0.129. The van der Waals surface area contributed by atoms with Crippen molar-refractivity contribution in [3.63, 3.8) is 0 Å².